The van der Waals surface area contributed by atoms with Crippen molar-refractivity contribution in [3.8, 4) is 11.5 Å². The van der Waals surface area contributed by atoms with Crippen LogP contribution >= 0.6 is 0 Å². The van der Waals surface area contributed by atoms with Gasteiger partial charge in [-0.2, -0.15) is 5.10 Å². The van der Waals surface area contributed by atoms with Crippen LogP contribution in [0.4, 0.5) is 0 Å². The molecule has 0 bridgehead atoms. The van der Waals surface area contributed by atoms with Gasteiger partial charge >= 0.3 is 5.97 Å². The zero-order chi connectivity index (χ0) is 18.2. The smallest absolute Gasteiger partial charge is 0.308 e. The number of nitrogens with one attached hydrogen (secondary N) is 1. The molecule has 0 aliphatic rings. The Balaban J connectivity index is 2.02. The van der Waals surface area contributed by atoms with Gasteiger partial charge < -0.3 is 14.6 Å². The van der Waals surface area contributed by atoms with Gasteiger partial charge in [0.2, 0.25) is 0 Å². The fourth-order valence-corrected chi connectivity index (χ4v) is 2.02. The van der Waals surface area contributed by atoms with E-state index in [0.717, 1.165) is 0 Å². The van der Waals surface area contributed by atoms with Crippen LogP contribution < -0.4 is 14.9 Å². The van der Waals surface area contributed by atoms with Gasteiger partial charge in [-0.15, -0.1) is 0 Å². The molecule has 0 aliphatic carbocycles. The van der Waals surface area contributed by atoms with Gasteiger partial charge in [0.25, 0.3) is 5.91 Å². The number of ether oxygens (including phenoxy) is 2. The van der Waals surface area contributed by atoms with E-state index in [4.69, 9.17) is 9.47 Å². The van der Waals surface area contributed by atoms with E-state index >= 15 is 0 Å². The monoisotopic (exact) mass is 342 g/mol. The summed E-state index contributed by atoms with van der Waals surface area (Å²) in [5.74, 6) is -0.460. The Kier molecular flexibility index (Phi) is 6.25. The minimum absolute atomic E-state index is 0.288. The summed E-state index contributed by atoms with van der Waals surface area (Å²) in [4.78, 5) is 22.9. The third-order valence-corrected chi connectivity index (χ3v) is 3.19. The first-order chi connectivity index (χ1) is 12.0. The Hall–Kier alpha value is -3.19. The van der Waals surface area contributed by atoms with Crippen LogP contribution in [0.3, 0.4) is 0 Å². The Bertz CT molecular complexity index is 774. The van der Waals surface area contributed by atoms with E-state index < -0.39 is 18.0 Å². The quantitative estimate of drug-likeness (QED) is 0.361. The summed E-state index contributed by atoms with van der Waals surface area (Å²) >= 11 is 0. The second kappa shape index (κ2) is 8.60. The molecular formula is C18H18N2O5. The number of amides is 1. The minimum Gasteiger partial charge on any atom is -0.493 e. The van der Waals surface area contributed by atoms with Gasteiger partial charge in [-0.05, 0) is 29.3 Å². The highest BCUT2D eigenvalue weighted by Crippen LogP contribution is 2.27. The first-order valence-corrected chi connectivity index (χ1v) is 7.43. The first-order valence-electron chi connectivity index (χ1n) is 7.43. The average Bonchev–Trinajstić information content (AvgIpc) is 2.62. The fourth-order valence-electron chi connectivity index (χ4n) is 2.02. The zero-order valence-corrected chi connectivity index (χ0v) is 13.8. The van der Waals surface area contributed by atoms with Gasteiger partial charge in [-0.1, -0.05) is 30.3 Å². The molecule has 25 heavy (non-hydrogen) atoms. The molecule has 2 N–H and O–H groups in total. The van der Waals surface area contributed by atoms with E-state index in [2.05, 4.69) is 10.5 Å². The number of aliphatic hydroxyl groups excluding tert-OH is 1. The van der Waals surface area contributed by atoms with E-state index in [1.54, 1.807) is 48.5 Å². The Morgan fingerprint density at radius 2 is 1.88 bits per heavy atom. The third-order valence-electron chi connectivity index (χ3n) is 3.19. The summed E-state index contributed by atoms with van der Waals surface area (Å²) in [7, 11) is 1.45. The van der Waals surface area contributed by atoms with E-state index in [9.17, 15) is 14.7 Å². The average molecular weight is 342 g/mol. The van der Waals surface area contributed by atoms with Gasteiger partial charge in [0.15, 0.2) is 17.6 Å². The summed E-state index contributed by atoms with van der Waals surface area (Å²) in [6, 6.07) is 13.3. The Morgan fingerprint density at radius 1 is 1.16 bits per heavy atom. The normalized spacial score (nSPS) is 11.8. The molecule has 0 unspecified atom stereocenters. The molecule has 7 nitrogen and oxygen atoms in total. The third kappa shape index (κ3) is 5.15. The van der Waals surface area contributed by atoms with Gasteiger partial charge in [0.1, 0.15) is 0 Å². The topological polar surface area (TPSA) is 97.2 Å². The molecule has 0 aromatic heterocycles. The lowest BCUT2D eigenvalue weighted by molar-refractivity contribution is -0.132. The summed E-state index contributed by atoms with van der Waals surface area (Å²) in [5.41, 5.74) is 3.36. The second-order valence-electron chi connectivity index (χ2n) is 5.05. The van der Waals surface area contributed by atoms with Crippen molar-refractivity contribution >= 4 is 18.1 Å². The Labute approximate surface area is 144 Å². The minimum atomic E-state index is -1.31. The van der Waals surface area contributed by atoms with Crippen LogP contribution in [0, 0.1) is 0 Å². The largest absolute Gasteiger partial charge is 0.493 e. The number of hydrogen-bond donors (Lipinski definition) is 2. The van der Waals surface area contributed by atoms with Crippen molar-refractivity contribution in [1.82, 2.24) is 5.43 Å². The first kappa shape index (κ1) is 18.2. The highest BCUT2D eigenvalue weighted by Gasteiger charge is 2.16. The van der Waals surface area contributed by atoms with Crippen molar-refractivity contribution in [2.24, 2.45) is 5.10 Å². The molecule has 0 heterocycles. The number of methoxy groups -OCH3 is 1. The molecule has 0 spiro atoms. The number of nitrogens with zero attached hydrogens (tertiary/aromatic N) is 1. The maximum atomic E-state index is 11.9. The molecule has 0 saturated carbocycles. The van der Waals surface area contributed by atoms with Gasteiger partial charge in [0.05, 0.1) is 13.3 Å². The molecular weight excluding hydrogens is 324 g/mol. The van der Waals surface area contributed by atoms with Gasteiger partial charge in [0, 0.05) is 6.92 Å². The van der Waals surface area contributed by atoms with Crippen molar-refractivity contribution in [2.45, 2.75) is 13.0 Å². The number of esters is 1. The van der Waals surface area contributed by atoms with E-state index in [1.165, 1.54) is 20.2 Å². The predicted octanol–water partition coefficient (Wildman–Crippen LogP) is 1.80. The highest BCUT2D eigenvalue weighted by molar-refractivity contribution is 5.85. The van der Waals surface area contributed by atoms with Crippen LogP contribution in [-0.4, -0.2) is 30.3 Å². The van der Waals surface area contributed by atoms with Crippen LogP contribution in [-0.2, 0) is 9.59 Å². The van der Waals surface area contributed by atoms with Crippen LogP contribution in [0.5, 0.6) is 11.5 Å². The van der Waals surface area contributed by atoms with Crippen LogP contribution in [0.25, 0.3) is 0 Å². The number of carbonyl (C=O) groups excluding carboxylic acids is 2. The summed E-state index contributed by atoms with van der Waals surface area (Å²) in [6.07, 6.45) is 0.0783. The number of aliphatic hydroxyl groups is 1. The molecule has 0 fully saturated rings. The van der Waals surface area contributed by atoms with Gasteiger partial charge in [-0.3, -0.25) is 9.59 Å². The number of carbonyl (C=O) groups is 2. The van der Waals surface area contributed by atoms with E-state index in [0.29, 0.717) is 16.9 Å². The molecule has 0 aliphatic heterocycles. The van der Waals surface area contributed by atoms with Crippen molar-refractivity contribution in [3.63, 3.8) is 0 Å². The summed E-state index contributed by atoms with van der Waals surface area (Å²) in [6.45, 7) is 1.29. The molecule has 2 aromatic carbocycles. The zero-order valence-electron chi connectivity index (χ0n) is 13.8. The Morgan fingerprint density at radius 3 is 2.52 bits per heavy atom. The van der Waals surface area contributed by atoms with Gasteiger partial charge in [-0.25, -0.2) is 5.43 Å². The van der Waals surface area contributed by atoms with Crippen LogP contribution in [0.15, 0.2) is 53.6 Å². The maximum absolute atomic E-state index is 11.9. The van der Waals surface area contributed by atoms with Crippen LogP contribution in [0.2, 0.25) is 0 Å². The second-order valence-corrected chi connectivity index (χ2v) is 5.05. The van der Waals surface area contributed by atoms with E-state index in [-0.39, 0.29) is 5.75 Å². The number of rotatable bonds is 6. The number of hydrazone groups is 1. The predicted molar refractivity (Wildman–Crippen MR) is 91.4 cm³/mol. The molecule has 1 amide bonds. The van der Waals surface area contributed by atoms with Crippen molar-refractivity contribution in [1.29, 1.82) is 0 Å². The lowest BCUT2D eigenvalue weighted by Crippen LogP contribution is -2.25. The fraction of sp³-hybridized carbons (Fsp3) is 0.167. The number of hydrogen-bond acceptors (Lipinski definition) is 6. The molecule has 0 saturated heterocycles. The molecule has 7 heteroatoms. The standard InChI is InChI=1S/C18H18N2O5/c1-12(21)25-15-9-8-13(10-16(15)24-2)11-19-20-18(23)17(22)14-6-4-3-5-7-14/h3-11,17,22H,1-2H3,(H,20,23)/t17-/m0/s1. The van der Waals surface area contributed by atoms with Crippen molar-refractivity contribution in [3.05, 3.63) is 59.7 Å². The molecule has 0 radical (unpaired) electrons. The summed E-state index contributed by atoms with van der Waals surface area (Å²) < 4.78 is 10.1. The molecule has 130 valence electrons. The lowest BCUT2D eigenvalue weighted by atomic mass is 10.1. The maximum Gasteiger partial charge on any atom is 0.308 e. The van der Waals surface area contributed by atoms with Crippen LogP contribution in [0.1, 0.15) is 24.2 Å². The molecule has 2 aromatic rings. The van der Waals surface area contributed by atoms with Crippen molar-refractivity contribution in [2.75, 3.05) is 7.11 Å². The molecule has 2 rings (SSSR count). The summed E-state index contributed by atoms with van der Waals surface area (Å²) in [5, 5.41) is 13.7. The number of benzene rings is 2. The van der Waals surface area contributed by atoms with E-state index in [1.807, 2.05) is 0 Å². The SMILES string of the molecule is COc1cc(C=NNC(=O)[C@@H](O)c2ccccc2)ccc1OC(C)=O. The highest BCUT2D eigenvalue weighted by atomic mass is 16.6. The molecule has 1 atom stereocenters. The lowest BCUT2D eigenvalue weighted by Gasteiger charge is -2.09. The van der Waals surface area contributed by atoms with Crippen molar-refractivity contribution < 1.29 is 24.2 Å².